The summed E-state index contributed by atoms with van der Waals surface area (Å²) >= 11 is 1.36. The normalized spacial score (nSPS) is 20.5. The highest BCUT2D eigenvalue weighted by atomic mass is 32.2. The first-order chi connectivity index (χ1) is 17.9. The zero-order chi connectivity index (χ0) is 26.0. The summed E-state index contributed by atoms with van der Waals surface area (Å²) in [7, 11) is 1.70. The van der Waals surface area contributed by atoms with Crippen molar-refractivity contribution in [2.75, 3.05) is 25.1 Å². The number of methoxy groups -OCH3 is 1. The van der Waals surface area contributed by atoms with Gasteiger partial charge < -0.3 is 9.64 Å². The molecule has 1 fully saturated rings. The van der Waals surface area contributed by atoms with Crippen molar-refractivity contribution >= 4 is 34.2 Å². The fourth-order valence-electron chi connectivity index (χ4n) is 5.59. The average molecular weight is 519 g/mol. The third-order valence-corrected chi connectivity index (χ3v) is 8.69. The monoisotopic (exact) mass is 518 g/mol. The fraction of sp³-hybridized carbons (Fsp3) is 0.500. The summed E-state index contributed by atoms with van der Waals surface area (Å²) in [4.78, 5) is 20.3. The van der Waals surface area contributed by atoms with E-state index in [0.717, 1.165) is 47.8 Å². The molecule has 0 spiro atoms. The molecule has 3 aliphatic rings. The molecule has 0 N–H and O–H groups in total. The van der Waals surface area contributed by atoms with Crippen LogP contribution >= 0.6 is 11.8 Å². The summed E-state index contributed by atoms with van der Waals surface area (Å²) in [6, 6.07) is 15.4. The number of amides is 1. The lowest BCUT2D eigenvalue weighted by Crippen LogP contribution is -2.41. The first kappa shape index (κ1) is 25.8. The minimum atomic E-state index is -0.373. The number of nitrogens with zero attached hydrogens (tertiary/aromatic N) is 4. The van der Waals surface area contributed by atoms with Crippen LogP contribution in [-0.2, 0) is 6.42 Å². The van der Waals surface area contributed by atoms with Gasteiger partial charge in [0.1, 0.15) is 11.6 Å². The number of carbonyl (C=O) groups is 1. The van der Waals surface area contributed by atoms with Crippen LogP contribution in [0.5, 0.6) is 5.75 Å². The number of ether oxygens (including phenoxy) is 1. The summed E-state index contributed by atoms with van der Waals surface area (Å²) in [5, 5.41) is 6.38. The van der Waals surface area contributed by atoms with Crippen molar-refractivity contribution in [2.24, 2.45) is 10.1 Å². The number of amidine groups is 1. The van der Waals surface area contributed by atoms with Crippen LogP contribution in [0.1, 0.15) is 76.0 Å². The number of rotatable bonds is 5. The zero-order valence-corrected chi connectivity index (χ0v) is 23.3. The molecule has 0 aromatic heterocycles. The number of thioether (sulfide) groups is 1. The number of carbonyl (C=O) groups excluding carboxylic acids is 1. The minimum absolute atomic E-state index is 0.0171. The highest BCUT2D eigenvalue weighted by molar-refractivity contribution is 8.15. The molecule has 2 heterocycles. The maximum atomic E-state index is 12.5. The van der Waals surface area contributed by atoms with Gasteiger partial charge in [-0.05, 0) is 94.0 Å². The lowest BCUT2D eigenvalue weighted by atomic mass is 9.92. The fourth-order valence-corrected chi connectivity index (χ4v) is 6.56. The topological polar surface area (TPSA) is 57.5 Å². The van der Waals surface area contributed by atoms with Crippen molar-refractivity contribution in [2.45, 2.75) is 76.5 Å². The Kier molecular flexibility index (Phi) is 7.61. The summed E-state index contributed by atoms with van der Waals surface area (Å²) in [6.45, 7) is 7.67. The van der Waals surface area contributed by atoms with Gasteiger partial charge in [0.25, 0.3) is 0 Å². The van der Waals surface area contributed by atoms with Gasteiger partial charge in [0.15, 0.2) is 0 Å². The summed E-state index contributed by atoms with van der Waals surface area (Å²) in [6.07, 6.45) is 8.26. The highest BCUT2D eigenvalue weighted by Crippen LogP contribution is 2.38. The second-order valence-electron chi connectivity index (χ2n) is 10.6. The maximum absolute atomic E-state index is 12.5. The van der Waals surface area contributed by atoms with Gasteiger partial charge in [-0.2, -0.15) is 5.10 Å². The van der Waals surface area contributed by atoms with Crippen LogP contribution < -0.4 is 9.64 Å². The van der Waals surface area contributed by atoms with Gasteiger partial charge in [-0.15, -0.1) is 0 Å². The van der Waals surface area contributed by atoms with E-state index >= 15 is 0 Å². The van der Waals surface area contributed by atoms with E-state index in [1.807, 2.05) is 19.1 Å². The van der Waals surface area contributed by atoms with Crippen molar-refractivity contribution < 1.29 is 9.53 Å². The predicted octanol–water partition coefficient (Wildman–Crippen LogP) is 6.90. The van der Waals surface area contributed by atoms with E-state index in [1.165, 1.54) is 55.1 Å². The van der Waals surface area contributed by atoms with E-state index < -0.39 is 0 Å². The molecule has 196 valence electrons. The molecule has 1 saturated carbocycles. The Balaban J connectivity index is 1.53. The highest BCUT2D eigenvalue weighted by Gasteiger charge is 2.37. The largest absolute Gasteiger partial charge is 0.497 e. The van der Waals surface area contributed by atoms with Gasteiger partial charge in [-0.25, -0.2) is 5.01 Å². The summed E-state index contributed by atoms with van der Waals surface area (Å²) in [5.74, 6) is 1.93. The smallest absolute Gasteiger partial charge is 0.302 e. The van der Waals surface area contributed by atoms with E-state index in [1.54, 1.807) is 12.1 Å². The van der Waals surface area contributed by atoms with Crippen LogP contribution in [-0.4, -0.2) is 52.8 Å². The number of anilines is 1. The van der Waals surface area contributed by atoms with Gasteiger partial charge in [0.2, 0.25) is 0 Å². The zero-order valence-electron chi connectivity index (χ0n) is 22.5. The maximum Gasteiger partial charge on any atom is 0.302 e. The molecule has 1 amide bonds. The number of aliphatic imine (C=N–C) groups is 1. The molecule has 0 atom stereocenters. The average Bonchev–Trinajstić information content (AvgIpc) is 2.91. The molecule has 0 unspecified atom stereocenters. The minimum Gasteiger partial charge on any atom is -0.497 e. The molecule has 7 heteroatoms. The molecule has 2 aliphatic heterocycles. The number of fused-ring (bicyclic) bond motifs is 1. The number of benzene rings is 2. The Morgan fingerprint density at radius 2 is 1.86 bits per heavy atom. The molecule has 5 rings (SSSR count). The second kappa shape index (κ2) is 10.9. The van der Waals surface area contributed by atoms with Crippen molar-refractivity contribution in [1.29, 1.82) is 0 Å². The van der Waals surface area contributed by atoms with Crippen molar-refractivity contribution in [3.8, 4) is 5.75 Å². The Morgan fingerprint density at radius 3 is 2.57 bits per heavy atom. The first-order valence-corrected chi connectivity index (χ1v) is 14.4. The quantitative estimate of drug-likeness (QED) is 0.319. The molecule has 37 heavy (non-hydrogen) atoms. The third kappa shape index (κ3) is 5.42. The van der Waals surface area contributed by atoms with Gasteiger partial charge in [0, 0.05) is 24.3 Å². The Hall–Kier alpha value is -2.80. The van der Waals surface area contributed by atoms with Crippen LogP contribution in [0, 0.1) is 0 Å². The molecule has 0 saturated heterocycles. The summed E-state index contributed by atoms with van der Waals surface area (Å²) in [5.41, 5.74) is 5.74. The second-order valence-corrected chi connectivity index (χ2v) is 12.2. The van der Waals surface area contributed by atoms with E-state index in [-0.39, 0.29) is 9.99 Å². The van der Waals surface area contributed by atoms with Gasteiger partial charge in [0.05, 0.1) is 23.6 Å². The number of hydrazone groups is 1. The van der Waals surface area contributed by atoms with Crippen LogP contribution in [0.15, 0.2) is 52.6 Å². The molecular weight excluding hydrogens is 480 g/mol. The third-order valence-electron chi connectivity index (χ3n) is 7.60. The first-order valence-electron chi connectivity index (χ1n) is 13.6. The van der Waals surface area contributed by atoms with Crippen LogP contribution in [0.2, 0.25) is 0 Å². The molecular formula is C30H38N4O2S. The van der Waals surface area contributed by atoms with Crippen LogP contribution in [0.3, 0.4) is 0 Å². The molecule has 6 nitrogen and oxygen atoms in total. The van der Waals surface area contributed by atoms with E-state index in [2.05, 4.69) is 49.1 Å². The van der Waals surface area contributed by atoms with Crippen molar-refractivity contribution in [1.82, 2.24) is 5.01 Å². The van der Waals surface area contributed by atoms with Crippen molar-refractivity contribution in [3.63, 3.8) is 0 Å². The molecule has 1 aliphatic carbocycles. The van der Waals surface area contributed by atoms with Crippen LogP contribution in [0.4, 0.5) is 10.5 Å². The molecule has 0 bridgehead atoms. The lowest BCUT2D eigenvalue weighted by Gasteiger charge is -2.36. The number of hydrogen-bond donors (Lipinski definition) is 0. The number of hydrogen-bond acceptors (Lipinski definition) is 5. The van der Waals surface area contributed by atoms with E-state index in [4.69, 9.17) is 14.8 Å². The van der Waals surface area contributed by atoms with Gasteiger partial charge >= 0.3 is 5.24 Å². The Labute approximate surface area is 225 Å². The SMILES string of the molecule is CCN1N=C(c2ccc3c(c2)CCCN3C(=NC2CCCCC2)c2ccc(OC)cc2)C(C)(C)SC1=O. The van der Waals surface area contributed by atoms with E-state index in [0.29, 0.717) is 12.6 Å². The Morgan fingerprint density at radius 1 is 1.11 bits per heavy atom. The van der Waals surface area contributed by atoms with Crippen molar-refractivity contribution in [3.05, 3.63) is 59.2 Å². The van der Waals surface area contributed by atoms with Crippen LogP contribution in [0.25, 0.3) is 0 Å². The number of aryl methyl sites for hydroxylation is 1. The van der Waals surface area contributed by atoms with Gasteiger partial charge in [-0.1, -0.05) is 37.1 Å². The molecule has 2 aromatic carbocycles. The lowest BCUT2D eigenvalue weighted by molar-refractivity contribution is 0.226. The standard InChI is InChI=1S/C30H38N4O2S/c1-5-34-29(35)37-30(2,3)27(32-34)23-15-18-26-22(20-23)10-9-19-33(26)28(31-24-11-7-6-8-12-24)21-13-16-25(36-4)17-14-21/h13-18,20,24H,5-12,19H2,1-4H3. The predicted molar refractivity (Wildman–Crippen MR) is 154 cm³/mol. The van der Waals surface area contributed by atoms with E-state index in [9.17, 15) is 4.79 Å². The van der Waals surface area contributed by atoms with Gasteiger partial charge in [-0.3, -0.25) is 9.79 Å². The molecule has 0 radical (unpaired) electrons. The summed E-state index contributed by atoms with van der Waals surface area (Å²) < 4.78 is 5.05. The Bertz CT molecular complexity index is 1200. The molecule has 2 aromatic rings.